The SMILES string of the molecule is CC(Nc1cccc(C(N)=S)n1)c1ccccc1Cl. The van der Waals surface area contributed by atoms with Crippen molar-refractivity contribution < 1.29 is 0 Å². The van der Waals surface area contributed by atoms with Crippen LogP contribution in [0.3, 0.4) is 0 Å². The highest BCUT2D eigenvalue weighted by atomic mass is 35.5. The van der Waals surface area contributed by atoms with Gasteiger partial charge in [0.1, 0.15) is 10.8 Å². The fourth-order valence-corrected chi connectivity index (χ4v) is 2.19. The van der Waals surface area contributed by atoms with Crippen LogP contribution in [-0.2, 0) is 0 Å². The molecule has 3 N–H and O–H groups in total. The van der Waals surface area contributed by atoms with E-state index in [1.807, 2.05) is 43.3 Å². The first-order valence-electron chi connectivity index (χ1n) is 5.86. The highest BCUT2D eigenvalue weighted by Gasteiger charge is 2.09. The Morgan fingerprint density at radius 2 is 2.00 bits per heavy atom. The van der Waals surface area contributed by atoms with Crippen molar-refractivity contribution in [2.75, 3.05) is 5.32 Å². The Kier molecular flexibility index (Phi) is 4.35. The number of nitrogens with one attached hydrogen (secondary N) is 1. The highest BCUT2D eigenvalue weighted by Crippen LogP contribution is 2.24. The summed E-state index contributed by atoms with van der Waals surface area (Å²) in [5, 5.41) is 4.01. The molecule has 0 amide bonds. The zero-order valence-electron chi connectivity index (χ0n) is 10.4. The first-order chi connectivity index (χ1) is 9.08. The maximum atomic E-state index is 6.17. The Morgan fingerprint density at radius 1 is 1.26 bits per heavy atom. The van der Waals surface area contributed by atoms with Crippen LogP contribution in [-0.4, -0.2) is 9.97 Å². The van der Waals surface area contributed by atoms with Gasteiger partial charge in [0.05, 0.1) is 11.7 Å². The van der Waals surface area contributed by atoms with E-state index in [0.717, 1.165) is 16.4 Å². The van der Waals surface area contributed by atoms with Crippen LogP contribution in [0.15, 0.2) is 42.5 Å². The number of nitrogens with zero attached hydrogens (tertiary/aromatic N) is 1. The van der Waals surface area contributed by atoms with E-state index in [-0.39, 0.29) is 11.0 Å². The van der Waals surface area contributed by atoms with Crippen LogP contribution in [0.4, 0.5) is 5.82 Å². The van der Waals surface area contributed by atoms with Crippen LogP contribution < -0.4 is 11.1 Å². The van der Waals surface area contributed by atoms with Crippen molar-refractivity contribution in [1.82, 2.24) is 4.98 Å². The molecular weight excluding hydrogens is 278 g/mol. The monoisotopic (exact) mass is 291 g/mol. The molecule has 1 unspecified atom stereocenters. The second kappa shape index (κ2) is 5.99. The van der Waals surface area contributed by atoms with Gasteiger partial charge in [-0.3, -0.25) is 0 Å². The summed E-state index contributed by atoms with van der Waals surface area (Å²) < 4.78 is 0. The number of hydrogen-bond donors (Lipinski definition) is 2. The molecule has 1 atom stereocenters. The number of nitrogens with two attached hydrogens (primary N) is 1. The topological polar surface area (TPSA) is 50.9 Å². The smallest absolute Gasteiger partial charge is 0.127 e. The van der Waals surface area contributed by atoms with Crippen LogP contribution in [0.5, 0.6) is 0 Å². The Balaban J connectivity index is 2.19. The minimum absolute atomic E-state index is 0.0443. The summed E-state index contributed by atoms with van der Waals surface area (Å²) in [7, 11) is 0. The summed E-state index contributed by atoms with van der Waals surface area (Å²) in [5.41, 5.74) is 7.19. The van der Waals surface area contributed by atoms with Crippen molar-refractivity contribution in [2.24, 2.45) is 5.73 Å². The first-order valence-corrected chi connectivity index (χ1v) is 6.64. The number of thiocarbonyl (C=S) groups is 1. The average molecular weight is 292 g/mol. The molecule has 0 fully saturated rings. The third kappa shape index (κ3) is 3.43. The lowest BCUT2D eigenvalue weighted by Gasteiger charge is -2.16. The summed E-state index contributed by atoms with van der Waals surface area (Å²) in [6.45, 7) is 2.02. The Hall–Kier alpha value is -1.65. The molecule has 1 heterocycles. The zero-order chi connectivity index (χ0) is 13.8. The maximum Gasteiger partial charge on any atom is 0.127 e. The summed E-state index contributed by atoms with van der Waals surface area (Å²) in [6, 6.07) is 13.3. The molecule has 98 valence electrons. The standard InChI is InChI=1S/C14H14ClN3S/c1-9(10-5-2-3-6-11(10)15)17-13-8-4-7-12(18-13)14(16)19/h2-9H,1H3,(H2,16,19)(H,17,18). The van der Waals surface area contributed by atoms with Gasteiger partial charge in [0.25, 0.3) is 0 Å². The van der Waals surface area contributed by atoms with Gasteiger partial charge in [-0.1, -0.05) is 48.1 Å². The number of halogens is 1. The Morgan fingerprint density at radius 3 is 2.68 bits per heavy atom. The molecule has 0 aliphatic heterocycles. The van der Waals surface area contributed by atoms with E-state index in [1.54, 1.807) is 6.07 Å². The van der Waals surface area contributed by atoms with Gasteiger partial charge in [0.15, 0.2) is 0 Å². The number of benzene rings is 1. The van der Waals surface area contributed by atoms with Gasteiger partial charge in [-0.25, -0.2) is 4.98 Å². The van der Waals surface area contributed by atoms with Crippen LogP contribution in [0, 0.1) is 0 Å². The van der Waals surface area contributed by atoms with Gasteiger partial charge in [-0.05, 0) is 30.7 Å². The maximum absolute atomic E-state index is 6.17. The molecule has 5 heteroatoms. The Bertz CT molecular complexity index is 601. The van der Waals surface area contributed by atoms with Crippen molar-refractivity contribution in [3.63, 3.8) is 0 Å². The highest BCUT2D eigenvalue weighted by molar-refractivity contribution is 7.80. The largest absolute Gasteiger partial charge is 0.388 e. The molecule has 0 saturated carbocycles. The molecule has 19 heavy (non-hydrogen) atoms. The van der Waals surface area contributed by atoms with E-state index >= 15 is 0 Å². The van der Waals surface area contributed by atoms with Crippen LogP contribution in [0.2, 0.25) is 5.02 Å². The quantitative estimate of drug-likeness (QED) is 0.846. The van der Waals surface area contributed by atoms with Crippen LogP contribution in [0.25, 0.3) is 0 Å². The van der Waals surface area contributed by atoms with E-state index < -0.39 is 0 Å². The van der Waals surface area contributed by atoms with Gasteiger partial charge >= 0.3 is 0 Å². The molecular formula is C14H14ClN3S. The molecule has 0 aliphatic carbocycles. The van der Waals surface area contributed by atoms with Crippen molar-refractivity contribution in [2.45, 2.75) is 13.0 Å². The zero-order valence-corrected chi connectivity index (χ0v) is 12.0. The Labute approximate surface area is 122 Å². The van der Waals surface area contributed by atoms with Gasteiger partial charge < -0.3 is 11.1 Å². The van der Waals surface area contributed by atoms with Crippen molar-refractivity contribution >= 4 is 34.6 Å². The minimum Gasteiger partial charge on any atom is -0.388 e. The van der Waals surface area contributed by atoms with Crippen LogP contribution >= 0.6 is 23.8 Å². The van der Waals surface area contributed by atoms with Crippen molar-refractivity contribution in [3.05, 3.63) is 58.7 Å². The summed E-state index contributed by atoms with van der Waals surface area (Å²) in [5.74, 6) is 0.720. The van der Waals surface area contributed by atoms with E-state index in [4.69, 9.17) is 29.6 Å². The summed E-state index contributed by atoms with van der Waals surface area (Å²) >= 11 is 11.1. The lowest BCUT2D eigenvalue weighted by molar-refractivity contribution is 0.874. The fraction of sp³-hybridized carbons (Fsp3) is 0.143. The molecule has 1 aromatic carbocycles. The molecule has 2 aromatic rings. The third-order valence-electron chi connectivity index (χ3n) is 2.74. The minimum atomic E-state index is 0.0443. The lowest BCUT2D eigenvalue weighted by atomic mass is 10.1. The normalized spacial score (nSPS) is 11.9. The van der Waals surface area contributed by atoms with E-state index in [2.05, 4.69) is 10.3 Å². The van der Waals surface area contributed by atoms with E-state index in [0.29, 0.717) is 5.69 Å². The van der Waals surface area contributed by atoms with Crippen molar-refractivity contribution in [1.29, 1.82) is 0 Å². The van der Waals surface area contributed by atoms with E-state index in [1.165, 1.54) is 0 Å². The van der Waals surface area contributed by atoms with Crippen molar-refractivity contribution in [3.8, 4) is 0 Å². The predicted molar refractivity (Wildman–Crippen MR) is 83.6 cm³/mol. The average Bonchev–Trinajstić information content (AvgIpc) is 2.39. The summed E-state index contributed by atoms with van der Waals surface area (Å²) in [4.78, 5) is 4.63. The number of pyridine rings is 1. The number of rotatable bonds is 4. The molecule has 1 aromatic heterocycles. The molecule has 2 rings (SSSR count). The second-order valence-corrected chi connectivity index (χ2v) is 5.01. The summed E-state index contributed by atoms with van der Waals surface area (Å²) in [6.07, 6.45) is 0. The molecule has 0 spiro atoms. The van der Waals surface area contributed by atoms with Gasteiger partial charge in [-0.2, -0.15) is 0 Å². The third-order valence-corrected chi connectivity index (χ3v) is 3.29. The van der Waals surface area contributed by atoms with Gasteiger partial charge in [0.2, 0.25) is 0 Å². The molecule has 0 radical (unpaired) electrons. The fourth-order valence-electron chi connectivity index (χ4n) is 1.78. The molecule has 0 bridgehead atoms. The lowest BCUT2D eigenvalue weighted by Crippen LogP contribution is -2.14. The molecule has 3 nitrogen and oxygen atoms in total. The number of hydrogen-bond acceptors (Lipinski definition) is 3. The predicted octanol–water partition coefficient (Wildman–Crippen LogP) is 3.54. The first kappa shape index (κ1) is 13.8. The second-order valence-electron chi connectivity index (χ2n) is 4.16. The number of anilines is 1. The van der Waals surface area contributed by atoms with Crippen LogP contribution in [0.1, 0.15) is 24.2 Å². The van der Waals surface area contributed by atoms with E-state index in [9.17, 15) is 0 Å². The molecule has 0 aliphatic rings. The van der Waals surface area contributed by atoms with Gasteiger partial charge in [-0.15, -0.1) is 0 Å². The molecule has 0 saturated heterocycles. The number of aromatic nitrogens is 1. The van der Waals surface area contributed by atoms with Gasteiger partial charge in [0, 0.05) is 5.02 Å².